The van der Waals surface area contributed by atoms with Crippen molar-refractivity contribution in [3.05, 3.63) is 29.3 Å². The highest BCUT2D eigenvalue weighted by Gasteiger charge is 1.94. The molecule has 1 unspecified atom stereocenters. The normalized spacial score (nSPS) is 11.2. The van der Waals surface area contributed by atoms with Gasteiger partial charge in [0.15, 0.2) is 0 Å². The lowest BCUT2D eigenvalue weighted by Crippen LogP contribution is -1.97. The SMILES string of the molecule is CCOPc1cc(C)cc(C)c1. The van der Waals surface area contributed by atoms with Gasteiger partial charge in [-0.05, 0) is 38.2 Å². The Bertz CT molecular complexity index is 238. The number of benzene rings is 1. The van der Waals surface area contributed by atoms with E-state index in [-0.39, 0.29) is 0 Å². The summed E-state index contributed by atoms with van der Waals surface area (Å²) in [4.78, 5) is 0. The first kappa shape index (κ1) is 9.70. The van der Waals surface area contributed by atoms with E-state index >= 15 is 0 Å². The van der Waals surface area contributed by atoms with Crippen molar-refractivity contribution in [2.24, 2.45) is 0 Å². The lowest BCUT2D eigenvalue weighted by Gasteiger charge is -2.03. The average molecular weight is 182 g/mol. The predicted octanol–water partition coefficient (Wildman–Crippen LogP) is 2.56. The summed E-state index contributed by atoms with van der Waals surface area (Å²) in [5.41, 5.74) is 2.63. The smallest absolute Gasteiger partial charge is 0.0481 e. The Morgan fingerprint density at radius 3 is 2.25 bits per heavy atom. The average Bonchev–Trinajstić information content (AvgIpc) is 1.99. The number of rotatable bonds is 3. The third-order valence-corrected chi connectivity index (χ3v) is 2.51. The van der Waals surface area contributed by atoms with Crippen LogP contribution < -0.4 is 5.30 Å². The van der Waals surface area contributed by atoms with Crippen LogP contribution in [-0.4, -0.2) is 6.61 Å². The Hall–Kier alpha value is -0.390. The summed E-state index contributed by atoms with van der Waals surface area (Å²) in [6.07, 6.45) is 0. The van der Waals surface area contributed by atoms with Gasteiger partial charge in [0.1, 0.15) is 0 Å². The number of hydrogen-bond donors (Lipinski definition) is 0. The van der Waals surface area contributed by atoms with Crippen LogP contribution in [-0.2, 0) is 4.52 Å². The monoisotopic (exact) mass is 182 g/mol. The lowest BCUT2D eigenvalue weighted by atomic mass is 10.2. The zero-order chi connectivity index (χ0) is 8.97. The molecule has 1 rings (SSSR count). The van der Waals surface area contributed by atoms with E-state index in [0.29, 0.717) is 8.81 Å². The lowest BCUT2D eigenvalue weighted by molar-refractivity contribution is 0.394. The molecule has 1 aromatic carbocycles. The minimum Gasteiger partial charge on any atom is -0.358 e. The largest absolute Gasteiger partial charge is 0.358 e. The Morgan fingerprint density at radius 1 is 1.17 bits per heavy atom. The molecule has 0 N–H and O–H groups in total. The van der Waals surface area contributed by atoms with Crippen molar-refractivity contribution in [1.82, 2.24) is 0 Å². The molecule has 0 fully saturated rings. The van der Waals surface area contributed by atoms with Gasteiger partial charge in [0.2, 0.25) is 0 Å². The van der Waals surface area contributed by atoms with Crippen molar-refractivity contribution in [1.29, 1.82) is 0 Å². The second-order valence-corrected chi connectivity index (χ2v) is 3.98. The zero-order valence-electron chi connectivity index (χ0n) is 7.85. The van der Waals surface area contributed by atoms with Crippen molar-refractivity contribution in [2.75, 3.05) is 6.61 Å². The zero-order valence-corrected chi connectivity index (χ0v) is 8.85. The van der Waals surface area contributed by atoms with Gasteiger partial charge in [0, 0.05) is 15.4 Å². The molecule has 1 nitrogen and oxygen atoms in total. The first-order valence-electron chi connectivity index (χ1n) is 4.18. The van der Waals surface area contributed by atoms with E-state index in [0.717, 1.165) is 6.61 Å². The van der Waals surface area contributed by atoms with Crippen molar-refractivity contribution in [3.8, 4) is 0 Å². The summed E-state index contributed by atoms with van der Waals surface area (Å²) in [6.45, 7) is 7.06. The van der Waals surface area contributed by atoms with Gasteiger partial charge in [-0.25, -0.2) is 0 Å². The van der Waals surface area contributed by atoms with Gasteiger partial charge in [-0.15, -0.1) is 0 Å². The Morgan fingerprint density at radius 2 is 1.75 bits per heavy atom. The maximum atomic E-state index is 5.36. The molecule has 0 saturated heterocycles. The minimum atomic E-state index is 0.497. The predicted molar refractivity (Wildman–Crippen MR) is 55.5 cm³/mol. The van der Waals surface area contributed by atoms with E-state index in [1.165, 1.54) is 16.4 Å². The first-order chi connectivity index (χ1) is 5.72. The molecule has 0 radical (unpaired) electrons. The summed E-state index contributed by atoms with van der Waals surface area (Å²) >= 11 is 0. The number of hydrogen-bond acceptors (Lipinski definition) is 1. The topological polar surface area (TPSA) is 9.23 Å². The summed E-state index contributed by atoms with van der Waals surface area (Å²) in [5.74, 6) is 0. The van der Waals surface area contributed by atoms with Crippen molar-refractivity contribution < 1.29 is 4.52 Å². The molecular formula is C10H15OP. The molecule has 0 amide bonds. The second kappa shape index (κ2) is 4.59. The minimum absolute atomic E-state index is 0.497. The number of aryl methyl sites for hydroxylation is 2. The molecule has 0 aliphatic carbocycles. The molecule has 0 heterocycles. The van der Waals surface area contributed by atoms with E-state index in [4.69, 9.17) is 4.52 Å². The Balaban J connectivity index is 2.72. The molecule has 0 aliphatic heterocycles. The molecule has 0 bridgehead atoms. The molecule has 0 spiro atoms. The van der Waals surface area contributed by atoms with Crippen LogP contribution in [0.5, 0.6) is 0 Å². The molecule has 0 aromatic heterocycles. The van der Waals surface area contributed by atoms with Crippen LogP contribution in [0.1, 0.15) is 18.1 Å². The molecule has 1 aromatic rings. The third-order valence-electron chi connectivity index (χ3n) is 1.56. The van der Waals surface area contributed by atoms with E-state index in [2.05, 4.69) is 32.0 Å². The van der Waals surface area contributed by atoms with Gasteiger partial charge in [-0.2, -0.15) is 0 Å². The first-order valence-corrected chi connectivity index (χ1v) is 5.09. The van der Waals surface area contributed by atoms with Crippen LogP contribution >= 0.6 is 8.81 Å². The van der Waals surface area contributed by atoms with Gasteiger partial charge in [-0.3, -0.25) is 0 Å². The molecular weight excluding hydrogens is 167 g/mol. The van der Waals surface area contributed by atoms with Gasteiger partial charge in [0.25, 0.3) is 0 Å². The van der Waals surface area contributed by atoms with Gasteiger partial charge in [-0.1, -0.05) is 17.2 Å². The highest BCUT2D eigenvalue weighted by Crippen LogP contribution is 2.13. The summed E-state index contributed by atoms with van der Waals surface area (Å²) < 4.78 is 5.36. The van der Waals surface area contributed by atoms with Crippen LogP contribution in [0.25, 0.3) is 0 Å². The fourth-order valence-corrected chi connectivity index (χ4v) is 2.07. The Kier molecular flexibility index (Phi) is 3.71. The van der Waals surface area contributed by atoms with Crippen LogP contribution in [0.15, 0.2) is 18.2 Å². The van der Waals surface area contributed by atoms with Crippen molar-refractivity contribution in [3.63, 3.8) is 0 Å². The van der Waals surface area contributed by atoms with Gasteiger partial charge in [0.05, 0.1) is 0 Å². The van der Waals surface area contributed by atoms with E-state index in [1.807, 2.05) is 6.92 Å². The summed E-state index contributed by atoms with van der Waals surface area (Å²) in [6, 6.07) is 6.54. The molecule has 66 valence electrons. The van der Waals surface area contributed by atoms with Crippen LogP contribution in [0.3, 0.4) is 0 Å². The van der Waals surface area contributed by atoms with Crippen molar-refractivity contribution >= 4 is 14.1 Å². The highest BCUT2D eigenvalue weighted by atomic mass is 31.1. The molecule has 2 heteroatoms. The summed E-state index contributed by atoms with van der Waals surface area (Å²) in [7, 11) is 0.497. The van der Waals surface area contributed by atoms with E-state index in [9.17, 15) is 0 Å². The second-order valence-electron chi connectivity index (χ2n) is 2.91. The third kappa shape index (κ3) is 2.92. The van der Waals surface area contributed by atoms with E-state index in [1.54, 1.807) is 0 Å². The fourth-order valence-electron chi connectivity index (χ4n) is 1.19. The van der Waals surface area contributed by atoms with Crippen molar-refractivity contribution in [2.45, 2.75) is 20.8 Å². The van der Waals surface area contributed by atoms with Crippen LogP contribution in [0.2, 0.25) is 0 Å². The quantitative estimate of drug-likeness (QED) is 0.653. The van der Waals surface area contributed by atoms with E-state index < -0.39 is 0 Å². The standard InChI is InChI=1S/C10H15OP/c1-4-11-12-10-6-8(2)5-9(3)7-10/h5-7,12H,4H2,1-3H3. The molecule has 0 aliphatic rings. The maximum Gasteiger partial charge on any atom is 0.0481 e. The Labute approximate surface area is 76.0 Å². The van der Waals surface area contributed by atoms with Gasteiger partial charge < -0.3 is 4.52 Å². The van der Waals surface area contributed by atoms with Crippen LogP contribution in [0.4, 0.5) is 0 Å². The molecule has 0 saturated carbocycles. The molecule has 1 atom stereocenters. The fraction of sp³-hybridized carbons (Fsp3) is 0.400. The van der Waals surface area contributed by atoms with Gasteiger partial charge >= 0.3 is 0 Å². The highest BCUT2D eigenvalue weighted by molar-refractivity contribution is 7.41. The summed E-state index contributed by atoms with van der Waals surface area (Å²) in [5, 5.41) is 1.30. The maximum absolute atomic E-state index is 5.36. The molecule has 12 heavy (non-hydrogen) atoms. The van der Waals surface area contributed by atoms with Crippen LogP contribution in [0, 0.1) is 13.8 Å².